The largest absolute Gasteiger partial charge is 0.492 e. The van der Waals surface area contributed by atoms with E-state index in [2.05, 4.69) is 10.6 Å². The Morgan fingerprint density at radius 2 is 1.78 bits per heavy atom. The summed E-state index contributed by atoms with van der Waals surface area (Å²) in [5, 5.41) is 6.01. The van der Waals surface area contributed by atoms with E-state index in [1.165, 1.54) is 0 Å². The monoisotopic (exact) mass is 390 g/mol. The molecule has 0 aliphatic carbocycles. The first kappa shape index (κ1) is 20.6. The van der Waals surface area contributed by atoms with E-state index in [9.17, 15) is 9.59 Å². The van der Waals surface area contributed by atoms with Crippen LogP contribution in [0.4, 0.5) is 10.5 Å². The SMILES string of the molecule is CC(C)(C)OC(=O)Nc1cccc(C(=O)NCCOc2ccc(Cl)cc2)c1. The first-order valence-corrected chi connectivity index (χ1v) is 8.87. The van der Waals surface area contributed by atoms with Crippen LogP contribution in [0.1, 0.15) is 31.1 Å². The van der Waals surface area contributed by atoms with Crippen LogP contribution >= 0.6 is 11.6 Å². The molecule has 0 aliphatic heterocycles. The molecule has 7 heteroatoms. The number of anilines is 1. The van der Waals surface area contributed by atoms with Gasteiger partial charge in [-0.3, -0.25) is 10.1 Å². The van der Waals surface area contributed by atoms with Gasteiger partial charge in [-0.1, -0.05) is 17.7 Å². The molecule has 2 aromatic carbocycles. The second kappa shape index (κ2) is 9.28. The summed E-state index contributed by atoms with van der Waals surface area (Å²) in [6.45, 7) is 6.00. The number of hydrogen-bond donors (Lipinski definition) is 2. The molecule has 2 rings (SSSR count). The maximum Gasteiger partial charge on any atom is 0.412 e. The molecule has 0 saturated heterocycles. The van der Waals surface area contributed by atoms with Gasteiger partial charge in [0.05, 0.1) is 6.54 Å². The van der Waals surface area contributed by atoms with E-state index in [-0.39, 0.29) is 5.91 Å². The minimum atomic E-state index is -0.594. The van der Waals surface area contributed by atoms with Crippen molar-refractivity contribution in [1.82, 2.24) is 5.32 Å². The summed E-state index contributed by atoms with van der Waals surface area (Å²) in [7, 11) is 0. The Kier molecular flexibility index (Phi) is 7.07. The lowest BCUT2D eigenvalue weighted by Gasteiger charge is -2.19. The maximum atomic E-state index is 12.2. The molecule has 0 radical (unpaired) electrons. The molecule has 0 spiro atoms. The zero-order valence-electron chi connectivity index (χ0n) is 15.5. The topological polar surface area (TPSA) is 76.7 Å². The van der Waals surface area contributed by atoms with Crippen molar-refractivity contribution in [3.8, 4) is 5.75 Å². The summed E-state index contributed by atoms with van der Waals surface area (Å²) >= 11 is 5.81. The molecular weight excluding hydrogens is 368 g/mol. The number of benzene rings is 2. The van der Waals surface area contributed by atoms with E-state index in [4.69, 9.17) is 21.1 Å². The maximum absolute atomic E-state index is 12.2. The van der Waals surface area contributed by atoms with Crippen molar-refractivity contribution in [2.75, 3.05) is 18.5 Å². The van der Waals surface area contributed by atoms with Crippen molar-refractivity contribution in [1.29, 1.82) is 0 Å². The number of hydrogen-bond acceptors (Lipinski definition) is 4. The fourth-order valence-electron chi connectivity index (χ4n) is 2.13. The molecule has 0 atom stereocenters. The van der Waals surface area contributed by atoms with Gasteiger partial charge >= 0.3 is 6.09 Å². The normalized spacial score (nSPS) is 10.8. The van der Waals surface area contributed by atoms with Gasteiger partial charge in [0.2, 0.25) is 0 Å². The van der Waals surface area contributed by atoms with Crippen LogP contribution in [0.25, 0.3) is 0 Å². The predicted molar refractivity (Wildman–Crippen MR) is 106 cm³/mol. The molecule has 2 aromatic rings. The number of ether oxygens (including phenoxy) is 2. The number of rotatable bonds is 6. The van der Waals surface area contributed by atoms with Gasteiger partial charge in [-0.25, -0.2) is 4.79 Å². The van der Waals surface area contributed by atoms with E-state index >= 15 is 0 Å². The van der Waals surface area contributed by atoms with E-state index < -0.39 is 11.7 Å². The fraction of sp³-hybridized carbons (Fsp3) is 0.300. The van der Waals surface area contributed by atoms with Crippen LogP contribution in [0.5, 0.6) is 5.75 Å². The van der Waals surface area contributed by atoms with Crippen molar-refractivity contribution >= 4 is 29.3 Å². The highest BCUT2D eigenvalue weighted by Gasteiger charge is 2.16. The number of carbonyl (C=O) groups is 2. The molecule has 144 valence electrons. The van der Waals surface area contributed by atoms with Crippen LogP contribution in [0, 0.1) is 0 Å². The Bertz CT molecular complexity index is 785. The van der Waals surface area contributed by atoms with Gasteiger partial charge in [-0.05, 0) is 63.2 Å². The van der Waals surface area contributed by atoms with Crippen molar-refractivity contribution in [2.45, 2.75) is 26.4 Å². The van der Waals surface area contributed by atoms with Gasteiger partial charge in [0.25, 0.3) is 5.91 Å². The summed E-state index contributed by atoms with van der Waals surface area (Å²) in [6, 6.07) is 13.6. The lowest BCUT2D eigenvalue weighted by atomic mass is 10.2. The van der Waals surface area contributed by atoms with Crippen LogP contribution in [0.15, 0.2) is 48.5 Å². The second-order valence-electron chi connectivity index (χ2n) is 6.77. The lowest BCUT2D eigenvalue weighted by Crippen LogP contribution is -2.28. The molecule has 0 fully saturated rings. The Hall–Kier alpha value is -2.73. The summed E-state index contributed by atoms with van der Waals surface area (Å²) in [5.41, 5.74) is 0.313. The van der Waals surface area contributed by atoms with Crippen LogP contribution in [0.2, 0.25) is 5.02 Å². The molecule has 0 heterocycles. The highest BCUT2D eigenvalue weighted by molar-refractivity contribution is 6.30. The van der Waals surface area contributed by atoms with Crippen molar-refractivity contribution in [2.24, 2.45) is 0 Å². The number of carbonyl (C=O) groups excluding carboxylic acids is 2. The molecule has 6 nitrogen and oxygen atoms in total. The quantitative estimate of drug-likeness (QED) is 0.712. The minimum absolute atomic E-state index is 0.262. The lowest BCUT2D eigenvalue weighted by molar-refractivity contribution is 0.0635. The highest BCUT2D eigenvalue weighted by atomic mass is 35.5. The minimum Gasteiger partial charge on any atom is -0.492 e. The standard InChI is InChI=1S/C20H23ClN2O4/c1-20(2,3)27-19(25)23-16-6-4-5-14(13-16)18(24)22-11-12-26-17-9-7-15(21)8-10-17/h4-10,13H,11-12H2,1-3H3,(H,22,24)(H,23,25). The zero-order valence-corrected chi connectivity index (χ0v) is 16.3. The van der Waals surface area contributed by atoms with E-state index in [1.807, 2.05) is 0 Å². The molecule has 0 aliphatic rings. The Morgan fingerprint density at radius 1 is 1.07 bits per heavy atom. The van der Waals surface area contributed by atoms with Crippen LogP contribution in [-0.2, 0) is 4.74 Å². The molecule has 27 heavy (non-hydrogen) atoms. The van der Waals surface area contributed by atoms with Crippen LogP contribution < -0.4 is 15.4 Å². The third-order valence-electron chi connectivity index (χ3n) is 3.24. The second-order valence-corrected chi connectivity index (χ2v) is 7.20. The predicted octanol–water partition coefficient (Wildman–Crippen LogP) is 4.50. The van der Waals surface area contributed by atoms with Gasteiger partial charge in [0, 0.05) is 16.3 Å². The van der Waals surface area contributed by atoms with E-state index in [1.54, 1.807) is 69.3 Å². The molecular formula is C20H23ClN2O4. The first-order valence-electron chi connectivity index (χ1n) is 8.49. The number of halogens is 1. The zero-order chi connectivity index (χ0) is 19.9. The van der Waals surface area contributed by atoms with Gasteiger partial charge in [0.15, 0.2) is 0 Å². The molecule has 0 unspecified atom stereocenters. The summed E-state index contributed by atoms with van der Waals surface area (Å²) in [5.74, 6) is 0.416. The van der Waals surface area contributed by atoms with E-state index in [0.29, 0.717) is 35.2 Å². The van der Waals surface area contributed by atoms with Gasteiger partial charge < -0.3 is 14.8 Å². The van der Waals surface area contributed by atoms with Gasteiger partial charge in [-0.2, -0.15) is 0 Å². The molecule has 2 amide bonds. The molecule has 2 N–H and O–H groups in total. The molecule has 0 aromatic heterocycles. The Labute approximate surface area is 163 Å². The molecule has 0 bridgehead atoms. The summed E-state index contributed by atoms with van der Waals surface area (Å²) < 4.78 is 10.7. The van der Waals surface area contributed by atoms with Crippen LogP contribution in [0.3, 0.4) is 0 Å². The van der Waals surface area contributed by atoms with Crippen molar-refractivity contribution in [3.05, 3.63) is 59.1 Å². The van der Waals surface area contributed by atoms with Crippen molar-refractivity contribution in [3.63, 3.8) is 0 Å². The fourth-order valence-corrected chi connectivity index (χ4v) is 2.25. The van der Waals surface area contributed by atoms with E-state index in [0.717, 1.165) is 0 Å². The summed E-state index contributed by atoms with van der Waals surface area (Å²) in [4.78, 5) is 24.1. The highest BCUT2D eigenvalue weighted by Crippen LogP contribution is 2.15. The molecule has 0 saturated carbocycles. The number of nitrogens with one attached hydrogen (secondary N) is 2. The Balaban J connectivity index is 1.82. The third kappa shape index (κ3) is 7.58. The average molecular weight is 391 g/mol. The smallest absolute Gasteiger partial charge is 0.412 e. The Morgan fingerprint density at radius 3 is 2.44 bits per heavy atom. The number of amides is 2. The average Bonchev–Trinajstić information content (AvgIpc) is 2.58. The van der Waals surface area contributed by atoms with Crippen LogP contribution in [-0.4, -0.2) is 30.8 Å². The van der Waals surface area contributed by atoms with Gasteiger partial charge in [0.1, 0.15) is 18.0 Å². The van der Waals surface area contributed by atoms with Crippen molar-refractivity contribution < 1.29 is 19.1 Å². The first-order chi connectivity index (χ1) is 12.7. The van der Waals surface area contributed by atoms with Gasteiger partial charge in [-0.15, -0.1) is 0 Å². The third-order valence-corrected chi connectivity index (χ3v) is 3.49. The summed E-state index contributed by atoms with van der Waals surface area (Å²) in [6.07, 6.45) is -0.573.